The third-order valence-corrected chi connectivity index (χ3v) is 7.03. The van der Waals surface area contributed by atoms with Crippen molar-refractivity contribution in [3.05, 3.63) is 76.8 Å². The number of carbonyl (C=O) groups is 1. The van der Waals surface area contributed by atoms with Crippen molar-refractivity contribution in [2.75, 3.05) is 26.2 Å². The van der Waals surface area contributed by atoms with Crippen LogP contribution in [0.15, 0.2) is 53.9 Å². The van der Waals surface area contributed by atoms with E-state index in [-0.39, 0.29) is 29.6 Å². The summed E-state index contributed by atoms with van der Waals surface area (Å²) in [5, 5.41) is 5.98. The number of piperazine rings is 1. The molecule has 2 atom stereocenters. The Morgan fingerprint density at radius 3 is 2.24 bits per heavy atom. The molecule has 0 spiro atoms. The van der Waals surface area contributed by atoms with Crippen molar-refractivity contribution in [3.63, 3.8) is 0 Å². The van der Waals surface area contributed by atoms with Gasteiger partial charge in [-0.2, -0.15) is 0 Å². The SMILES string of the molecule is C[C@H](C(=O)N[C@H](C)c1ccc(F)cc1)N1CCN(Cc2csc(-c3ccc(F)cc3)n2)CC1. The van der Waals surface area contributed by atoms with Crippen molar-refractivity contribution in [2.45, 2.75) is 32.5 Å². The normalized spacial score (nSPS) is 17.0. The molecule has 2 aromatic carbocycles. The second-order valence-corrected chi connectivity index (χ2v) is 9.28. The van der Waals surface area contributed by atoms with Crippen molar-refractivity contribution < 1.29 is 13.6 Å². The predicted molar refractivity (Wildman–Crippen MR) is 127 cm³/mol. The Hall–Kier alpha value is -2.68. The van der Waals surface area contributed by atoms with Gasteiger partial charge >= 0.3 is 0 Å². The zero-order valence-electron chi connectivity index (χ0n) is 18.8. The van der Waals surface area contributed by atoms with Gasteiger partial charge in [0, 0.05) is 43.7 Å². The first-order valence-electron chi connectivity index (χ1n) is 11.1. The summed E-state index contributed by atoms with van der Waals surface area (Å²) < 4.78 is 26.3. The number of benzene rings is 2. The first kappa shape index (κ1) is 23.5. The summed E-state index contributed by atoms with van der Waals surface area (Å²) in [7, 11) is 0. The van der Waals surface area contributed by atoms with Gasteiger partial charge in [0.15, 0.2) is 0 Å². The highest BCUT2D eigenvalue weighted by Gasteiger charge is 2.26. The van der Waals surface area contributed by atoms with Gasteiger partial charge in [0.1, 0.15) is 16.6 Å². The summed E-state index contributed by atoms with van der Waals surface area (Å²) in [6, 6.07) is 12.2. The van der Waals surface area contributed by atoms with E-state index in [1.807, 2.05) is 13.8 Å². The Morgan fingerprint density at radius 1 is 1.00 bits per heavy atom. The maximum Gasteiger partial charge on any atom is 0.237 e. The maximum absolute atomic E-state index is 13.1. The van der Waals surface area contributed by atoms with Crippen molar-refractivity contribution in [3.8, 4) is 10.6 Å². The summed E-state index contributed by atoms with van der Waals surface area (Å²) in [6.45, 7) is 7.90. The number of aromatic nitrogens is 1. The first-order chi connectivity index (χ1) is 15.9. The van der Waals surface area contributed by atoms with E-state index in [4.69, 9.17) is 4.98 Å². The monoisotopic (exact) mass is 470 g/mol. The largest absolute Gasteiger partial charge is 0.348 e. The number of hydrogen-bond donors (Lipinski definition) is 1. The Kier molecular flexibility index (Phi) is 7.47. The predicted octanol–water partition coefficient (Wildman–Crippen LogP) is 4.47. The molecular weight excluding hydrogens is 442 g/mol. The van der Waals surface area contributed by atoms with Crippen molar-refractivity contribution >= 4 is 17.2 Å². The lowest BCUT2D eigenvalue weighted by Crippen LogP contribution is -2.53. The van der Waals surface area contributed by atoms with Gasteiger partial charge in [-0.15, -0.1) is 11.3 Å². The Labute approximate surface area is 197 Å². The number of nitrogens with one attached hydrogen (secondary N) is 1. The van der Waals surface area contributed by atoms with E-state index >= 15 is 0 Å². The minimum atomic E-state index is -0.284. The minimum Gasteiger partial charge on any atom is -0.348 e. The van der Waals surface area contributed by atoms with Crippen LogP contribution in [-0.4, -0.2) is 52.9 Å². The van der Waals surface area contributed by atoms with Crippen LogP contribution in [0.5, 0.6) is 0 Å². The topological polar surface area (TPSA) is 48.5 Å². The zero-order valence-corrected chi connectivity index (χ0v) is 19.6. The average Bonchev–Trinajstić information content (AvgIpc) is 3.28. The summed E-state index contributed by atoms with van der Waals surface area (Å²) >= 11 is 1.57. The van der Waals surface area contributed by atoms with Crippen molar-refractivity contribution in [1.82, 2.24) is 20.1 Å². The molecule has 1 fully saturated rings. The highest BCUT2D eigenvalue weighted by atomic mass is 32.1. The molecule has 1 saturated heterocycles. The van der Waals surface area contributed by atoms with Gasteiger partial charge in [-0.1, -0.05) is 12.1 Å². The molecule has 0 unspecified atom stereocenters. The first-order valence-corrected chi connectivity index (χ1v) is 12.0. The van der Waals surface area contributed by atoms with Crippen LogP contribution in [0.4, 0.5) is 8.78 Å². The van der Waals surface area contributed by atoms with Crippen LogP contribution in [-0.2, 0) is 11.3 Å². The third-order valence-electron chi connectivity index (χ3n) is 6.09. The molecule has 0 bridgehead atoms. The highest BCUT2D eigenvalue weighted by Crippen LogP contribution is 2.25. The molecule has 3 aromatic rings. The quantitative estimate of drug-likeness (QED) is 0.554. The van der Waals surface area contributed by atoms with Crippen LogP contribution in [0.1, 0.15) is 31.1 Å². The molecule has 8 heteroatoms. The number of halogens is 2. The Balaban J connectivity index is 1.25. The lowest BCUT2D eigenvalue weighted by atomic mass is 10.1. The molecule has 5 nitrogen and oxygen atoms in total. The van der Waals surface area contributed by atoms with Crippen LogP contribution in [0.25, 0.3) is 10.6 Å². The molecular formula is C25H28F2N4OS. The molecule has 0 saturated carbocycles. The van der Waals surface area contributed by atoms with Crippen LogP contribution < -0.4 is 5.32 Å². The van der Waals surface area contributed by atoms with E-state index < -0.39 is 0 Å². The van der Waals surface area contributed by atoms with E-state index in [1.54, 1.807) is 35.6 Å². The lowest BCUT2D eigenvalue weighted by molar-refractivity contribution is -0.127. The van der Waals surface area contributed by atoms with Gasteiger partial charge in [-0.3, -0.25) is 14.6 Å². The smallest absolute Gasteiger partial charge is 0.237 e. The number of thiazole rings is 1. The van der Waals surface area contributed by atoms with Crippen LogP contribution in [0.2, 0.25) is 0 Å². The van der Waals surface area contributed by atoms with Crippen molar-refractivity contribution in [1.29, 1.82) is 0 Å². The number of nitrogens with zero attached hydrogens (tertiary/aromatic N) is 3. The van der Waals surface area contributed by atoms with Gasteiger partial charge in [0.2, 0.25) is 5.91 Å². The van der Waals surface area contributed by atoms with Gasteiger partial charge in [0.05, 0.1) is 17.8 Å². The van der Waals surface area contributed by atoms with Crippen LogP contribution in [0.3, 0.4) is 0 Å². The number of hydrogen-bond acceptors (Lipinski definition) is 5. The molecule has 1 aliphatic heterocycles. The summed E-state index contributed by atoms with van der Waals surface area (Å²) in [5.74, 6) is -0.558. The highest BCUT2D eigenvalue weighted by molar-refractivity contribution is 7.13. The van der Waals surface area contributed by atoms with Crippen LogP contribution in [0, 0.1) is 11.6 Å². The van der Waals surface area contributed by atoms with Gasteiger partial charge in [0.25, 0.3) is 0 Å². The second-order valence-electron chi connectivity index (χ2n) is 8.42. The van der Waals surface area contributed by atoms with Gasteiger partial charge in [-0.25, -0.2) is 13.8 Å². The molecule has 1 aliphatic rings. The molecule has 2 heterocycles. The fourth-order valence-electron chi connectivity index (χ4n) is 3.98. The molecule has 1 amide bonds. The minimum absolute atomic E-state index is 0.0243. The number of carbonyl (C=O) groups excluding carboxylic acids is 1. The summed E-state index contributed by atoms with van der Waals surface area (Å²) in [4.78, 5) is 22.0. The fraction of sp³-hybridized carbons (Fsp3) is 0.360. The summed E-state index contributed by atoms with van der Waals surface area (Å²) in [5.41, 5.74) is 2.81. The fourth-order valence-corrected chi connectivity index (χ4v) is 4.79. The van der Waals surface area contributed by atoms with E-state index in [0.29, 0.717) is 0 Å². The zero-order chi connectivity index (χ0) is 23.4. The molecule has 0 radical (unpaired) electrons. The molecule has 1 N–H and O–H groups in total. The second kappa shape index (κ2) is 10.5. The van der Waals surface area contributed by atoms with E-state index in [9.17, 15) is 13.6 Å². The maximum atomic E-state index is 13.1. The van der Waals surface area contributed by atoms with E-state index in [2.05, 4.69) is 20.5 Å². The number of amides is 1. The lowest BCUT2D eigenvalue weighted by Gasteiger charge is -2.37. The molecule has 4 rings (SSSR count). The summed E-state index contributed by atoms with van der Waals surface area (Å²) in [6.07, 6.45) is 0. The van der Waals surface area contributed by atoms with Gasteiger partial charge in [-0.05, 0) is 55.8 Å². The van der Waals surface area contributed by atoms with E-state index in [1.165, 1.54) is 24.3 Å². The molecule has 33 heavy (non-hydrogen) atoms. The molecule has 1 aromatic heterocycles. The number of rotatable bonds is 7. The van der Waals surface area contributed by atoms with Crippen molar-refractivity contribution in [2.24, 2.45) is 0 Å². The molecule has 174 valence electrons. The Bertz CT molecular complexity index is 1060. The van der Waals surface area contributed by atoms with Crippen LogP contribution >= 0.6 is 11.3 Å². The standard InChI is InChI=1S/C25H28F2N4OS/c1-17(19-3-7-21(26)8-4-19)28-24(32)18(2)31-13-11-30(12-14-31)15-23-16-33-25(29-23)20-5-9-22(27)10-6-20/h3-10,16-18H,11-15H2,1-2H3,(H,28,32)/t17-,18-/m1/s1. The molecule has 0 aliphatic carbocycles. The Morgan fingerprint density at radius 2 is 1.61 bits per heavy atom. The van der Waals surface area contributed by atoms with E-state index in [0.717, 1.165) is 54.6 Å². The van der Waals surface area contributed by atoms with Gasteiger partial charge < -0.3 is 5.32 Å². The average molecular weight is 471 g/mol. The third kappa shape index (κ3) is 6.01.